The van der Waals surface area contributed by atoms with Gasteiger partial charge in [0.25, 0.3) is 0 Å². The van der Waals surface area contributed by atoms with Crippen molar-refractivity contribution in [3.8, 4) is 5.75 Å². The molecule has 5 heteroatoms. The predicted octanol–water partition coefficient (Wildman–Crippen LogP) is 2.74. The second-order valence-electron chi connectivity index (χ2n) is 3.30. The van der Waals surface area contributed by atoms with E-state index in [2.05, 4.69) is 10.1 Å². The van der Waals surface area contributed by atoms with Crippen LogP contribution in [0.2, 0.25) is 0 Å². The van der Waals surface area contributed by atoms with Crippen molar-refractivity contribution in [3.63, 3.8) is 0 Å². The third-order valence-corrected chi connectivity index (χ3v) is 1.97. The van der Waals surface area contributed by atoms with Gasteiger partial charge >= 0.3 is 6.36 Å². The summed E-state index contributed by atoms with van der Waals surface area (Å²) in [6.45, 7) is 3.56. The van der Waals surface area contributed by atoms with Gasteiger partial charge in [0.2, 0.25) is 0 Å². The van der Waals surface area contributed by atoms with E-state index in [0.717, 1.165) is 18.7 Å². The van der Waals surface area contributed by atoms with Gasteiger partial charge in [0.15, 0.2) is 0 Å². The summed E-state index contributed by atoms with van der Waals surface area (Å²) in [7, 11) is 0. The van der Waals surface area contributed by atoms with Gasteiger partial charge in [-0.1, -0.05) is 19.1 Å². The summed E-state index contributed by atoms with van der Waals surface area (Å²) in [5.41, 5.74) is 0.822. The Morgan fingerprint density at radius 1 is 1.31 bits per heavy atom. The van der Waals surface area contributed by atoms with Crippen LogP contribution < -0.4 is 10.1 Å². The lowest BCUT2D eigenvalue weighted by Gasteiger charge is -2.10. The van der Waals surface area contributed by atoms with Crippen molar-refractivity contribution in [1.82, 2.24) is 5.32 Å². The van der Waals surface area contributed by atoms with Crippen LogP contribution in [0.15, 0.2) is 24.3 Å². The monoisotopic (exact) mass is 233 g/mol. The lowest BCUT2D eigenvalue weighted by molar-refractivity contribution is -0.274. The molecule has 0 spiro atoms. The van der Waals surface area contributed by atoms with Gasteiger partial charge < -0.3 is 10.1 Å². The van der Waals surface area contributed by atoms with Crippen LogP contribution >= 0.6 is 0 Å². The smallest absolute Gasteiger partial charge is 0.406 e. The fourth-order valence-corrected chi connectivity index (χ4v) is 1.31. The van der Waals surface area contributed by atoms with Crippen LogP contribution in [0.25, 0.3) is 0 Å². The molecular weight excluding hydrogens is 219 g/mol. The minimum Gasteiger partial charge on any atom is -0.406 e. The Kier molecular flexibility index (Phi) is 4.61. The van der Waals surface area contributed by atoms with Crippen LogP contribution in [0.4, 0.5) is 13.2 Å². The maximum Gasteiger partial charge on any atom is 0.573 e. The number of benzene rings is 1. The first-order valence-corrected chi connectivity index (χ1v) is 5.06. The zero-order valence-electron chi connectivity index (χ0n) is 8.97. The van der Waals surface area contributed by atoms with Crippen molar-refractivity contribution in [2.75, 3.05) is 13.1 Å². The first-order chi connectivity index (χ1) is 7.51. The second-order valence-corrected chi connectivity index (χ2v) is 3.30. The highest BCUT2D eigenvalue weighted by molar-refractivity contribution is 5.28. The van der Waals surface area contributed by atoms with Crippen molar-refractivity contribution in [1.29, 1.82) is 0 Å². The van der Waals surface area contributed by atoms with Crippen molar-refractivity contribution < 1.29 is 17.9 Å². The predicted molar refractivity (Wildman–Crippen MR) is 55.4 cm³/mol. The van der Waals surface area contributed by atoms with Crippen LogP contribution in [0.1, 0.15) is 12.5 Å². The molecule has 0 radical (unpaired) electrons. The third-order valence-electron chi connectivity index (χ3n) is 1.97. The normalized spacial score (nSPS) is 11.5. The number of nitrogens with one attached hydrogen (secondary N) is 1. The highest BCUT2D eigenvalue weighted by atomic mass is 19.4. The summed E-state index contributed by atoms with van der Waals surface area (Å²) in [5, 5.41) is 3.10. The van der Waals surface area contributed by atoms with Gasteiger partial charge in [0.1, 0.15) is 5.75 Å². The summed E-state index contributed by atoms with van der Waals surface area (Å²) in [5.74, 6) is -0.165. The Labute approximate surface area is 92.4 Å². The molecule has 0 aliphatic carbocycles. The number of hydrogen-bond acceptors (Lipinski definition) is 2. The number of alkyl halides is 3. The zero-order valence-corrected chi connectivity index (χ0v) is 8.97. The fourth-order valence-electron chi connectivity index (χ4n) is 1.31. The van der Waals surface area contributed by atoms with Gasteiger partial charge in [-0.3, -0.25) is 0 Å². The van der Waals surface area contributed by atoms with Crippen molar-refractivity contribution >= 4 is 0 Å². The Balaban J connectivity index is 2.57. The Hall–Kier alpha value is -1.23. The molecule has 0 unspecified atom stereocenters. The van der Waals surface area contributed by atoms with Crippen LogP contribution in [0.5, 0.6) is 5.75 Å². The van der Waals surface area contributed by atoms with Gasteiger partial charge in [0, 0.05) is 0 Å². The SMILES string of the molecule is CCNCCc1cccc(OC(F)(F)F)c1. The van der Waals surface area contributed by atoms with Gasteiger partial charge in [-0.15, -0.1) is 13.2 Å². The minimum absolute atomic E-state index is 0.165. The lowest BCUT2D eigenvalue weighted by atomic mass is 10.1. The first kappa shape index (κ1) is 12.8. The number of halogens is 3. The Morgan fingerprint density at radius 2 is 2.06 bits per heavy atom. The summed E-state index contributed by atoms with van der Waals surface area (Å²) in [6.07, 6.45) is -3.94. The average Bonchev–Trinajstić information content (AvgIpc) is 2.16. The number of rotatable bonds is 5. The van der Waals surface area contributed by atoms with Crippen molar-refractivity contribution in [3.05, 3.63) is 29.8 Å². The molecule has 1 aromatic rings. The van der Waals surface area contributed by atoms with Gasteiger partial charge in [0.05, 0.1) is 0 Å². The van der Waals surface area contributed by atoms with Crippen LogP contribution in [-0.2, 0) is 6.42 Å². The van der Waals surface area contributed by atoms with E-state index >= 15 is 0 Å². The molecular formula is C11H14F3NO. The van der Waals surface area contributed by atoms with E-state index in [1.54, 1.807) is 12.1 Å². The molecule has 1 rings (SSSR count). The molecule has 0 aliphatic heterocycles. The molecule has 0 atom stereocenters. The second kappa shape index (κ2) is 5.75. The molecule has 0 saturated heterocycles. The highest BCUT2D eigenvalue weighted by Crippen LogP contribution is 2.23. The van der Waals surface area contributed by atoms with Crippen LogP contribution in [-0.4, -0.2) is 19.5 Å². The topological polar surface area (TPSA) is 21.3 Å². The molecule has 90 valence electrons. The Morgan fingerprint density at radius 3 is 2.69 bits per heavy atom. The summed E-state index contributed by atoms with van der Waals surface area (Å²) in [6, 6.07) is 6.04. The van der Waals surface area contributed by atoms with E-state index in [1.807, 2.05) is 6.92 Å². The molecule has 0 aliphatic rings. The maximum absolute atomic E-state index is 11.9. The summed E-state index contributed by atoms with van der Waals surface area (Å²) < 4.78 is 39.7. The summed E-state index contributed by atoms with van der Waals surface area (Å²) in [4.78, 5) is 0. The van der Waals surface area contributed by atoms with E-state index in [-0.39, 0.29) is 5.75 Å². The van der Waals surface area contributed by atoms with E-state index in [0.29, 0.717) is 6.42 Å². The maximum atomic E-state index is 11.9. The highest BCUT2D eigenvalue weighted by Gasteiger charge is 2.30. The quantitative estimate of drug-likeness (QED) is 0.789. The standard InChI is InChI=1S/C11H14F3NO/c1-2-15-7-6-9-4-3-5-10(8-9)16-11(12,13)14/h3-5,8,15H,2,6-7H2,1H3. The number of hydrogen-bond donors (Lipinski definition) is 1. The molecule has 1 N–H and O–H groups in total. The molecule has 0 fully saturated rings. The van der Waals surface area contributed by atoms with Crippen LogP contribution in [0.3, 0.4) is 0 Å². The number of ether oxygens (including phenoxy) is 1. The molecule has 1 aromatic carbocycles. The molecule has 0 amide bonds. The zero-order chi connectivity index (χ0) is 12.0. The number of likely N-dealkylation sites (N-methyl/N-ethyl adjacent to an activating group) is 1. The van der Waals surface area contributed by atoms with E-state index in [1.165, 1.54) is 12.1 Å². The average molecular weight is 233 g/mol. The molecule has 0 aromatic heterocycles. The van der Waals surface area contributed by atoms with E-state index in [9.17, 15) is 13.2 Å². The molecule has 0 bridgehead atoms. The first-order valence-electron chi connectivity index (χ1n) is 5.06. The van der Waals surface area contributed by atoms with Crippen LogP contribution in [0, 0.1) is 0 Å². The molecule has 16 heavy (non-hydrogen) atoms. The van der Waals surface area contributed by atoms with Gasteiger partial charge in [-0.05, 0) is 37.2 Å². The molecule has 0 saturated carbocycles. The largest absolute Gasteiger partial charge is 0.573 e. The third kappa shape index (κ3) is 5.02. The molecule has 2 nitrogen and oxygen atoms in total. The molecule has 0 heterocycles. The van der Waals surface area contributed by atoms with Gasteiger partial charge in [-0.25, -0.2) is 0 Å². The van der Waals surface area contributed by atoms with E-state index in [4.69, 9.17) is 0 Å². The van der Waals surface area contributed by atoms with Crippen molar-refractivity contribution in [2.24, 2.45) is 0 Å². The fraction of sp³-hybridized carbons (Fsp3) is 0.455. The van der Waals surface area contributed by atoms with E-state index < -0.39 is 6.36 Å². The minimum atomic E-state index is -4.62. The Bertz CT molecular complexity index is 325. The lowest BCUT2D eigenvalue weighted by Crippen LogP contribution is -2.18. The van der Waals surface area contributed by atoms with Gasteiger partial charge in [-0.2, -0.15) is 0 Å². The van der Waals surface area contributed by atoms with Crippen molar-refractivity contribution in [2.45, 2.75) is 19.7 Å². The summed E-state index contributed by atoms with van der Waals surface area (Å²) >= 11 is 0.